The maximum atomic E-state index is 13.1. The van der Waals surface area contributed by atoms with E-state index in [0.717, 1.165) is 15.6 Å². The average molecular weight is 486 g/mol. The Kier molecular flexibility index (Phi) is 8.35. The van der Waals surface area contributed by atoms with Gasteiger partial charge in [0.2, 0.25) is 11.8 Å². The van der Waals surface area contributed by atoms with Crippen molar-refractivity contribution in [2.24, 2.45) is 0 Å². The molecule has 0 aliphatic heterocycles. The number of nitrogens with one attached hydrogen (secondary N) is 1. The van der Waals surface area contributed by atoms with Gasteiger partial charge in [-0.2, -0.15) is 0 Å². The van der Waals surface area contributed by atoms with Crippen LogP contribution < -0.4 is 5.32 Å². The van der Waals surface area contributed by atoms with Crippen molar-refractivity contribution in [1.29, 1.82) is 0 Å². The Balaban J connectivity index is 2.26. The molecule has 0 aromatic heterocycles. The monoisotopic (exact) mass is 484 g/mol. The van der Waals surface area contributed by atoms with E-state index in [0.29, 0.717) is 16.6 Å². The van der Waals surface area contributed by atoms with Gasteiger partial charge in [-0.15, -0.1) is 0 Å². The molecule has 4 nitrogen and oxygen atoms in total. The van der Waals surface area contributed by atoms with Crippen molar-refractivity contribution >= 4 is 50.9 Å². The molecule has 0 saturated heterocycles. The minimum atomic E-state index is -0.614. The highest BCUT2D eigenvalue weighted by Gasteiger charge is 2.26. The van der Waals surface area contributed by atoms with Gasteiger partial charge >= 0.3 is 0 Å². The predicted octanol–water partition coefficient (Wildman–Crippen LogP) is 5.24. The minimum absolute atomic E-state index is 0.00663. The van der Waals surface area contributed by atoms with Crippen molar-refractivity contribution < 1.29 is 9.59 Å². The van der Waals surface area contributed by atoms with E-state index in [1.165, 1.54) is 0 Å². The summed E-state index contributed by atoms with van der Waals surface area (Å²) < 4.78 is 0.918. The lowest BCUT2D eigenvalue weighted by Gasteiger charge is -2.29. The molecule has 2 aromatic carbocycles. The Morgan fingerprint density at radius 1 is 1.04 bits per heavy atom. The van der Waals surface area contributed by atoms with E-state index in [-0.39, 0.29) is 24.3 Å². The molecule has 0 saturated carbocycles. The Labute approximate surface area is 184 Å². The minimum Gasteiger partial charge on any atom is -0.352 e. The third-order valence-electron chi connectivity index (χ3n) is 4.18. The van der Waals surface area contributed by atoms with Gasteiger partial charge in [0.15, 0.2) is 0 Å². The molecule has 28 heavy (non-hydrogen) atoms. The van der Waals surface area contributed by atoms with Gasteiger partial charge < -0.3 is 10.2 Å². The Bertz CT molecular complexity index is 858. The molecular formula is C21H23BrCl2N2O2. The molecule has 0 radical (unpaired) electrons. The lowest BCUT2D eigenvalue weighted by Crippen LogP contribution is -2.49. The molecule has 150 valence electrons. The van der Waals surface area contributed by atoms with Crippen molar-refractivity contribution in [3.63, 3.8) is 0 Å². The molecule has 0 bridgehead atoms. The number of hydrogen-bond donors (Lipinski definition) is 1. The molecule has 1 atom stereocenters. The number of amides is 2. The Hall–Kier alpha value is -1.56. The lowest BCUT2D eigenvalue weighted by atomic mass is 10.1. The summed E-state index contributed by atoms with van der Waals surface area (Å²) in [5, 5.41) is 3.71. The van der Waals surface area contributed by atoms with Crippen molar-refractivity contribution in [1.82, 2.24) is 10.2 Å². The van der Waals surface area contributed by atoms with Gasteiger partial charge in [0.1, 0.15) is 6.04 Å². The summed E-state index contributed by atoms with van der Waals surface area (Å²) in [5.41, 5.74) is 1.68. The van der Waals surface area contributed by atoms with Crippen LogP contribution in [-0.4, -0.2) is 28.8 Å². The zero-order chi connectivity index (χ0) is 20.8. The van der Waals surface area contributed by atoms with Crippen LogP contribution in [0, 0.1) is 0 Å². The van der Waals surface area contributed by atoms with Crippen LogP contribution >= 0.6 is 39.1 Å². The fourth-order valence-corrected chi connectivity index (χ4v) is 3.51. The second-order valence-electron chi connectivity index (χ2n) is 6.92. The topological polar surface area (TPSA) is 49.4 Å². The number of hydrogen-bond acceptors (Lipinski definition) is 2. The average Bonchev–Trinajstić information content (AvgIpc) is 2.61. The van der Waals surface area contributed by atoms with Gasteiger partial charge in [0.25, 0.3) is 0 Å². The van der Waals surface area contributed by atoms with Gasteiger partial charge in [-0.3, -0.25) is 9.59 Å². The zero-order valence-electron chi connectivity index (χ0n) is 16.0. The number of carbonyl (C=O) groups is 2. The number of carbonyl (C=O) groups excluding carboxylic acids is 2. The van der Waals surface area contributed by atoms with Gasteiger partial charge in [-0.1, -0.05) is 57.3 Å². The van der Waals surface area contributed by atoms with Crippen LogP contribution in [0.2, 0.25) is 10.0 Å². The van der Waals surface area contributed by atoms with Crippen molar-refractivity contribution in [3.8, 4) is 0 Å². The van der Waals surface area contributed by atoms with E-state index in [1.54, 1.807) is 30.0 Å². The van der Waals surface area contributed by atoms with Gasteiger partial charge in [0.05, 0.1) is 16.5 Å². The van der Waals surface area contributed by atoms with Crippen LogP contribution in [0.3, 0.4) is 0 Å². The molecule has 0 heterocycles. The SMILES string of the molecule is CC(C)NC(=O)[C@@H](C)N(Cc1cccc(Br)c1)C(=O)Cc1ccc(Cl)c(Cl)c1. The first-order valence-electron chi connectivity index (χ1n) is 8.95. The molecule has 0 aliphatic rings. The highest BCUT2D eigenvalue weighted by molar-refractivity contribution is 9.10. The predicted molar refractivity (Wildman–Crippen MR) is 118 cm³/mol. The fourth-order valence-electron chi connectivity index (χ4n) is 2.75. The summed E-state index contributed by atoms with van der Waals surface area (Å²) >= 11 is 15.5. The second kappa shape index (κ2) is 10.3. The molecule has 2 amide bonds. The van der Waals surface area contributed by atoms with E-state index in [2.05, 4.69) is 21.2 Å². The van der Waals surface area contributed by atoms with Crippen LogP contribution in [0.4, 0.5) is 0 Å². The first-order valence-corrected chi connectivity index (χ1v) is 10.5. The molecule has 1 N–H and O–H groups in total. The van der Waals surface area contributed by atoms with Gasteiger partial charge in [-0.25, -0.2) is 0 Å². The van der Waals surface area contributed by atoms with Crippen LogP contribution in [0.5, 0.6) is 0 Å². The normalized spacial score (nSPS) is 12.0. The van der Waals surface area contributed by atoms with Gasteiger partial charge in [0, 0.05) is 17.1 Å². The second-order valence-corrected chi connectivity index (χ2v) is 8.65. The van der Waals surface area contributed by atoms with Crippen LogP contribution in [0.1, 0.15) is 31.9 Å². The molecule has 7 heteroatoms. The van der Waals surface area contributed by atoms with E-state index < -0.39 is 6.04 Å². The highest BCUT2D eigenvalue weighted by Crippen LogP contribution is 2.23. The molecular weight excluding hydrogens is 463 g/mol. The zero-order valence-corrected chi connectivity index (χ0v) is 19.1. The number of halogens is 3. The highest BCUT2D eigenvalue weighted by atomic mass is 79.9. The van der Waals surface area contributed by atoms with E-state index in [1.807, 2.05) is 38.1 Å². The number of rotatable bonds is 7. The summed E-state index contributed by atoms with van der Waals surface area (Å²) in [6, 6.07) is 12.2. The quantitative estimate of drug-likeness (QED) is 0.582. The van der Waals surface area contributed by atoms with E-state index >= 15 is 0 Å². The van der Waals surface area contributed by atoms with Crippen LogP contribution in [0.15, 0.2) is 46.9 Å². The van der Waals surface area contributed by atoms with Crippen LogP contribution in [0.25, 0.3) is 0 Å². The molecule has 0 spiro atoms. The van der Waals surface area contributed by atoms with Crippen LogP contribution in [-0.2, 0) is 22.6 Å². The summed E-state index contributed by atoms with van der Waals surface area (Å²) in [5.74, 6) is -0.350. The third kappa shape index (κ3) is 6.50. The number of benzene rings is 2. The molecule has 0 fully saturated rings. The molecule has 2 aromatic rings. The summed E-state index contributed by atoms with van der Waals surface area (Å²) in [4.78, 5) is 27.2. The molecule has 0 aliphatic carbocycles. The van der Waals surface area contributed by atoms with Crippen molar-refractivity contribution in [2.45, 2.75) is 45.8 Å². The third-order valence-corrected chi connectivity index (χ3v) is 5.41. The Morgan fingerprint density at radius 3 is 2.36 bits per heavy atom. The molecule has 2 rings (SSSR count). The summed E-state index contributed by atoms with van der Waals surface area (Å²) in [6.45, 7) is 5.84. The Morgan fingerprint density at radius 2 is 1.75 bits per heavy atom. The standard InChI is InChI=1S/C21H23BrCl2N2O2/c1-13(2)25-21(28)14(3)26(12-16-5-4-6-17(22)9-16)20(27)11-15-7-8-18(23)19(24)10-15/h4-10,13-14H,11-12H2,1-3H3,(H,25,28)/t14-/m1/s1. The van der Waals surface area contributed by atoms with E-state index in [4.69, 9.17) is 23.2 Å². The fraction of sp³-hybridized carbons (Fsp3) is 0.333. The largest absolute Gasteiger partial charge is 0.352 e. The maximum absolute atomic E-state index is 13.1. The van der Waals surface area contributed by atoms with Gasteiger partial charge in [-0.05, 0) is 56.2 Å². The van der Waals surface area contributed by atoms with E-state index in [9.17, 15) is 9.59 Å². The first kappa shape index (κ1) is 22.7. The lowest BCUT2D eigenvalue weighted by molar-refractivity contribution is -0.140. The maximum Gasteiger partial charge on any atom is 0.242 e. The van der Waals surface area contributed by atoms with Crippen molar-refractivity contribution in [3.05, 3.63) is 68.1 Å². The summed E-state index contributed by atoms with van der Waals surface area (Å²) in [7, 11) is 0. The smallest absolute Gasteiger partial charge is 0.242 e. The first-order chi connectivity index (χ1) is 13.2. The number of nitrogens with zero attached hydrogens (tertiary/aromatic N) is 1. The molecule has 0 unspecified atom stereocenters. The summed E-state index contributed by atoms with van der Waals surface area (Å²) in [6.07, 6.45) is 0.129. The van der Waals surface area contributed by atoms with Crippen molar-refractivity contribution in [2.75, 3.05) is 0 Å².